The summed E-state index contributed by atoms with van der Waals surface area (Å²) in [5.41, 5.74) is 0.600. The molecule has 0 saturated heterocycles. The largest absolute Gasteiger partial charge is 0.479 e. The molecule has 0 bridgehead atoms. The molecular formula is C14H10BrClFNO2. The first kappa shape index (κ1) is 14.8. The highest BCUT2D eigenvalue weighted by Gasteiger charge is 2.23. The lowest BCUT2D eigenvalue weighted by Gasteiger charge is -2.17. The highest BCUT2D eigenvalue weighted by atomic mass is 79.9. The van der Waals surface area contributed by atoms with Crippen molar-refractivity contribution in [3.05, 3.63) is 63.3 Å². The van der Waals surface area contributed by atoms with Crippen molar-refractivity contribution in [2.45, 2.75) is 6.04 Å². The van der Waals surface area contributed by atoms with Crippen molar-refractivity contribution in [3.63, 3.8) is 0 Å². The molecule has 0 amide bonds. The summed E-state index contributed by atoms with van der Waals surface area (Å²) in [6, 6.07) is 9.70. The molecular weight excluding hydrogens is 349 g/mol. The molecule has 0 aliphatic rings. The molecule has 2 aromatic rings. The van der Waals surface area contributed by atoms with Gasteiger partial charge in [-0.1, -0.05) is 39.7 Å². The highest BCUT2D eigenvalue weighted by Crippen LogP contribution is 2.26. The van der Waals surface area contributed by atoms with E-state index in [1.54, 1.807) is 18.2 Å². The number of hydrogen-bond donors (Lipinski definition) is 2. The first-order valence-electron chi connectivity index (χ1n) is 5.67. The van der Waals surface area contributed by atoms with Crippen LogP contribution in [0.1, 0.15) is 11.6 Å². The van der Waals surface area contributed by atoms with Crippen LogP contribution in [-0.4, -0.2) is 11.1 Å². The molecule has 0 aliphatic heterocycles. The molecule has 2 N–H and O–H groups in total. The number of nitrogens with one attached hydrogen (secondary N) is 1. The summed E-state index contributed by atoms with van der Waals surface area (Å²) < 4.78 is 14.6. The second kappa shape index (κ2) is 6.24. The molecule has 0 aliphatic carbocycles. The minimum absolute atomic E-state index is 0.0295. The Bertz CT molecular complexity index is 651. The predicted octanol–water partition coefficient (Wildman–Crippen LogP) is 4.48. The molecule has 1 atom stereocenters. The van der Waals surface area contributed by atoms with Crippen molar-refractivity contribution in [2.75, 3.05) is 5.32 Å². The smallest absolute Gasteiger partial charge is 0.330 e. The van der Waals surface area contributed by atoms with E-state index >= 15 is 0 Å². The third-order valence-corrected chi connectivity index (χ3v) is 3.38. The molecule has 0 spiro atoms. The van der Waals surface area contributed by atoms with E-state index in [1.165, 1.54) is 12.1 Å². The van der Waals surface area contributed by atoms with Gasteiger partial charge in [0.1, 0.15) is 5.82 Å². The molecule has 2 rings (SSSR count). The second-order valence-electron chi connectivity index (χ2n) is 4.09. The fourth-order valence-corrected chi connectivity index (χ4v) is 2.31. The van der Waals surface area contributed by atoms with E-state index in [2.05, 4.69) is 21.2 Å². The van der Waals surface area contributed by atoms with Crippen molar-refractivity contribution in [1.29, 1.82) is 0 Å². The number of carbonyl (C=O) groups is 1. The Morgan fingerprint density at radius 1 is 1.30 bits per heavy atom. The fraction of sp³-hybridized carbons (Fsp3) is 0.0714. The molecule has 1 unspecified atom stereocenters. The van der Waals surface area contributed by atoms with Crippen LogP contribution in [0.25, 0.3) is 0 Å². The number of carboxylic acid groups (broad SMARTS) is 1. The van der Waals surface area contributed by atoms with Crippen molar-refractivity contribution in [2.24, 2.45) is 0 Å². The second-order valence-corrected chi connectivity index (χ2v) is 5.44. The molecule has 0 saturated carbocycles. The Morgan fingerprint density at radius 3 is 2.65 bits per heavy atom. The SMILES string of the molecule is O=C(O)C(Nc1cccc(Br)c1)c1ccc(Cl)cc1F. The Kier molecular flexibility index (Phi) is 4.62. The van der Waals surface area contributed by atoms with Gasteiger partial charge in [-0.2, -0.15) is 0 Å². The zero-order valence-electron chi connectivity index (χ0n) is 10.1. The van der Waals surface area contributed by atoms with Gasteiger partial charge in [-0.05, 0) is 30.3 Å². The monoisotopic (exact) mass is 357 g/mol. The van der Waals surface area contributed by atoms with Gasteiger partial charge in [-0.15, -0.1) is 0 Å². The van der Waals surface area contributed by atoms with E-state index < -0.39 is 17.8 Å². The lowest BCUT2D eigenvalue weighted by atomic mass is 10.1. The van der Waals surface area contributed by atoms with Crippen LogP contribution in [0.4, 0.5) is 10.1 Å². The van der Waals surface area contributed by atoms with Crippen molar-refractivity contribution >= 4 is 39.2 Å². The summed E-state index contributed by atoms with van der Waals surface area (Å²) in [6.45, 7) is 0. The number of rotatable bonds is 4. The third kappa shape index (κ3) is 3.49. The lowest BCUT2D eigenvalue weighted by Crippen LogP contribution is -2.21. The van der Waals surface area contributed by atoms with Crippen LogP contribution in [0.15, 0.2) is 46.9 Å². The number of aliphatic carboxylic acids is 1. The van der Waals surface area contributed by atoms with Crippen LogP contribution in [0, 0.1) is 5.82 Å². The summed E-state index contributed by atoms with van der Waals surface area (Å²) in [5, 5.41) is 12.3. The van der Waals surface area contributed by atoms with Gasteiger partial charge in [0, 0.05) is 20.7 Å². The van der Waals surface area contributed by atoms with Crippen LogP contribution in [-0.2, 0) is 4.79 Å². The van der Waals surface area contributed by atoms with Gasteiger partial charge >= 0.3 is 5.97 Å². The summed E-state index contributed by atoms with van der Waals surface area (Å²) >= 11 is 8.96. The first-order valence-corrected chi connectivity index (χ1v) is 6.84. The van der Waals surface area contributed by atoms with Crippen LogP contribution < -0.4 is 5.32 Å². The summed E-state index contributed by atoms with van der Waals surface area (Å²) in [7, 11) is 0. The first-order chi connectivity index (χ1) is 9.47. The van der Waals surface area contributed by atoms with Gasteiger partial charge in [0.2, 0.25) is 0 Å². The zero-order valence-corrected chi connectivity index (χ0v) is 12.5. The number of hydrogen-bond acceptors (Lipinski definition) is 2. The van der Waals surface area contributed by atoms with Gasteiger partial charge in [-0.25, -0.2) is 9.18 Å². The Morgan fingerprint density at radius 2 is 2.05 bits per heavy atom. The van der Waals surface area contributed by atoms with Crippen LogP contribution in [0.3, 0.4) is 0 Å². The highest BCUT2D eigenvalue weighted by molar-refractivity contribution is 9.10. The zero-order chi connectivity index (χ0) is 14.7. The molecule has 0 aromatic heterocycles. The predicted molar refractivity (Wildman–Crippen MR) is 79.6 cm³/mol. The Labute approximate surface area is 128 Å². The molecule has 0 heterocycles. The molecule has 0 fully saturated rings. The maximum atomic E-state index is 13.8. The third-order valence-electron chi connectivity index (χ3n) is 2.66. The van der Waals surface area contributed by atoms with E-state index in [0.717, 1.165) is 10.5 Å². The average Bonchev–Trinajstić information content (AvgIpc) is 2.36. The van der Waals surface area contributed by atoms with Gasteiger partial charge in [0.25, 0.3) is 0 Å². The summed E-state index contributed by atoms with van der Waals surface area (Å²) in [6.07, 6.45) is 0. The molecule has 104 valence electrons. The maximum absolute atomic E-state index is 13.8. The van der Waals surface area contributed by atoms with Gasteiger partial charge < -0.3 is 10.4 Å². The minimum Gasteiger partial charge on any atom is -0.479 e. The molecule has 20 heavy (non-hydrogen) atoms. The summed E-state index contributed by atoms with van der Waals surface area (Å²) in [5.74, 6) is -1.83. The average molecular weight is 359 g/mol. The number of benzene rings is 2. The van der Waals surface area contributed by atoms with Crippen molar-refractivity contribution < 1.29 is 14.3 Å². The number of anilines is 1. The van der Waals surface area contributed by atoms with Crippen molar-refractivity contribution in [3.8, 4) is 0 Å². The topological polar surface area (TPSA) is 49.3 Å². The normalized spacial score (nSPS) is 11.9. The van der Waals surface area contributed by atoms with E-state index in [9.17, 15) is 14.3 Å². The molecule has 2 aromatic carbocycles. The molecule has 0 radical (unpaired) electrons. The van der Waals surface area contributed by atoms with Crippen LogP contribution in [0.5, 0.6) is 0 Å². The summed E-state index contributed by atoms with van der Waals surface area (Å²) in [4.78, 5) is 11.4. The quantitative estimate of drug-likeness (QED) is 0.847. The minimum atomic E-state index is -1.19. The standard InChI is InChI=1S/C14H10BrClFNO2/c15-8-2-1-3-10(6-8)18-13(14(19)20)11-5-4-9(16)7-12(11)17/h1-7,13,18H,(H,19,20). The van der Waals surface area contributed by atoms with E-state index in [1.807, 2.05) is 6.07 Å². The Hall–Kier alpha value is -1.59. The Balaban J connectivity index is 2.34. The van der Waals surface area contributed by atoms with Gasteiger partial charge in [0.05, 0.1) is 0 Å². The van der Waals surface area contributed by atoms with Gasteiger partial charge in [-0.3, -0.25) is 0 Å². The number of carboxylic acids is 1. The fourth-order valence-electron chi connectivity index (χ4n) is 1.75. The number of halogens is 3. The van der Waals surface area contributed by atoms with E-state index in [-0.39, 0.29) is 10.6 Å². The van der Waals surface area contributed by atoms with Crippen molar-refractivity contribution in [1.82, 2.24) is 0 Å². The van der Waals surface area contributed by atoms with E-state index in [0.29, 0.717) is 5.69 Å². The molecule has 3 nitrogen and oxygen atoms in total. The maximum Gasteiger partial charge on any atom is 0.330 e. The van der Waals surface area contributed by atoms with E-state index in [4.69, 9.17) is 11.6 Å². The van der Waals surface area contributed by atoms with Crippen LogP contribution >= 0.6 is 27.5 Å². The van der Waals surface area contributed by atoms with Gasteiger partial charge in [0.15, 0.2) is 6.04 Å². The lowest BCUT2D eigenvalue weighted by molar-refractivity contribution is -0.138. The molecule has 6 heteroatoms. The van der Waals surface area contributed by atoms with Crippen LogP contribution in [0.2, 0.25) is 5.02 Å².